The van der Waals surface area contributed by atoms with Gasteiger partial charge in [-0.25, -0.2) is 4.39 Å². The lowest BCUT2D eigenvalue weighted by molar-refractivity contribution is -0.118. The number of aromatic nitrogens is 3. The van der Waals surface area contributed by atoms with Crippen LogP contribution in [0.15, 0.2) is 53.7 Å². The van der Waals surface area contributed by atoms with Crippen molar-refractivity contribution in [3.63, 3.8) is 0 Å². The molecule has 0 fully saturated rings. The molecule has 1 aromatic heterocycles. The van der Waals surface area contributed by atoms with Gasteiger partial charge in [-0.2, -0.15) is 0 Å². The second-order valence-corrected chi connectivity index (χ2v) is 7.20. The smallest absolute Gasteiger partial charge is 0.230 e. The van der Waals surface area contributed by atoms with Crippen LogP contribution in [-0.4, -0.2) is 32.3 Å². The average Bonchev–Trinajstić information content (AvgIpc) is 3.06. The van der Waals surface area contributed by atoms with Gasteiger partial charge in [0.15, 0.2) is 5.16 Å². The van der Waals surface area contributed by atoms with Crippen molar-refractivity contribution in [2.45, 2.75) is 25.5 Å². The van der Waals surface area contributed by atoms with Gasteiger partial charge < -0.3 is 10.6 Å². The van der Waals surface area contributed by atoms with E-state index in [1.807, 2.05) is 12.1 Å². The van der Waals surface area contributed by atoms with Crippen LogP contribution in [0, 0.1) is 12.7 Å². The number of nitrogens with zero attached hydrogens (tertiary/aromatic N) is 3. The molecule has 0 aliphatic heterocycles. The highest BCUT2D eigenvalue weighted by Gasteiger charge is 2.14. The molecule has 2 aromatic carbocycles. The first-order valence-corrected chi connectivity index (χ1v) is 9.85. The van der Waals surface area contributed by atoms with Crippen LogP contribution in [0.3, 0.4) is 0 Å². The highest BCUT2D eigenvalue weighted by molar-refractivity contribution is 7.99. The third-order valence-electron chi connectivity index (χ3n) is 3.99. The molecule has 7 nitrogen and oxygen atoms in total. The predicted molar refractivity (Wildman–Crippen MR) is 109 cm³/mol. The highest BCUT2D eigenvalue weighted by atomic mass is 32.2. The van der Waals surface area contributed by atoms with Crippen molar-refractivity contribution in [2.24, 2.45) is 0 Å². The molecule has 1 heterocycles. The lowest BCUT2D eigenvalue weighted by atomic mass is 10.2. The molecule has 0 saturated heterocycles. The van der Waals surface area contributed by atoms with Crippen LogP contribution in [0.25, 0.3) is 5.69 Å². The van der Waals surface area contributed by atoms with Crippen LogP contribution in [0.1, 0.15) is 18.3 Å². The average molecular weight is 413 g/mol. The summed E-state index contributed by atoms with van der Waals surface area (Å²) >= 11 is 1.23. The van der Waals surface area contributed by atoms with Gasteiger partial charge in [0.25, 0.3) is 0 Å². The molecule has 3 rings (SSSR count). The van der Waals surface area contributed by atoms with Crippen molar-refractivity contribution in [2.75, 3.05) is 11.1 Å². The third kappa shape index (κ3) is 5.41. The zero-order valence-corrected chi connectivity index (χ0v) is 16.8. The van der Waals surface area contributed by atoms with E-state index in [9.17, 15) is 14.0 Å². The van der Waals surface area contributed by atoms with Gasteiger partial charge in [-0.05, 0) is 31.2 Å². The Labute approximate surface area is 171 Å². The number of carbonyl (C=O) groups is 2. The van der Waals surface area contributed by atoms with E-state index in [2.05, 4.69) is 20.8 Å². The first-order valence-electron chi connectivity index (χ1n) is 8.87. The summed E-state index contributed by atoms with van der Waals surface area (Å²) in [7, 11) is 0. The quantitative estimate of drug-likeness (QED) is 0.581. The van der Waals surface area contributed by atoms with Gasteiger partial charge in [-0.3, -0.25) is 14.2 Å². The Balaban J connectivity index is 1.66. The molecule has 3 aromatic rings. The van der Waals surface area contributed by atoms with Crippen LogP contribution in [-0.2, 0) is 16.1 Å². The summed E-state index contributed by atoms with van der Waals surface area (Å²) in [5, 5.41) is 14.2. The van der Waals surface area contributed by atoms with Crippen LogP contribution in [0.2, 0.25) is 0 Å². The molecular weight excluding hydrogens is 393 g/mol. The van der Waals surface area contributed by atoms with E-state index in [-0.39, 0.29) is 29.9 Å². The maximum absolute atomic E-state index is 13.6. The van der Waals surface area contributed by atoms with Crippen LogP contribution < -0.4 is 10.6 Å². The van der Waals surface area contributed by atoms with Crippen molar-refractivity contribution >= 4 is 29.3 Å². The number of rotatable bonds is 7. The van der Waals surface area contributed by atoms with E-state index in [0.29, 0.717) is 22.2 Å². The molecular formula is C20H20FN5O2S. The summed E-state index contributed by atoms with van der Waals surface area (Å²) in [5.41, 5.74) is 1.86. The Morgan fingerprint density at radius 3 is 2.69 bits per heavy atom. The Kier molecular flexibility index (Phi) is 6.61. The molecule has 2 amide bonds. The molecule has 0 radical (unpaired) electrons. The van der Waals surface area contributed by atoms with Crippen molar-refractivity contribution in [1.29, 1.82) is 0 Å². The number of anilines is 1. The predicted octanol–water partition coefficient (Wildman–Crippen LogP) is 3.08. The molecule has 0 spiro atoms. The van der Waals surface area contributed by atoms with Gasteiger partial charge in [0, 0.05) is 24.7 Å². The number of amides is 2. The van der Waals surface area contributed by atoms with Gasteiger partial charge >= 0.3 is 0 Å². The number of benzene rings is 2. The number of hydrogen-bond acceptors (Lipinski definition) is 5. The molecule has 0 unspecified atom stereocenters. The van der Waals surface area contributed by atoms with Gasteiger partial charge in [0.05, 0.1) is 11.4 Å². The van der Waals surface area contributed by atoms with Gasteiger partial charge in [0.1, 0.15) is 11.6 Å². The van der Waals surface area contributed by atoms with Gasteiger partial charge in [0.2, 0.25) is 11.8 Å². The van der Waals surface area contributed by atoms with Crippen molar-refractivity contribution in [3.8, 4) is 5.69 Å². The zero-order chi connectivity index (χ0) is 20.8. The van der Waals surface area contributed by atoms with E-state index < -0.39 is 0 Å². The topological polar surface area (TPSA) is 88.9 Å². The Hall–Kier alpha value is -3.20. The van der Waals surface area contributed by atoms with E-state index in [0.717, 1.165) is 5.69 Å². The number of aryl methyl sites for hydroxylation is 1. The fraction of sp³-hybridized carbons (Fsp3) is 0.200. The normalized spacial score (nSPS) is 10.6. The second-order valence-electron chi connectivity index (χ2n) is 6.25. The Bertz CT molecular complexity index is 1040. The highest BCUT2D eigenvalue weighted by Crippen LogP contribution is 2.23. The van der Waals surface area contributed by atoms with E-state index in [4.69, 9.17) is 0 Å². The Morgan fingerprint density at radius 2 is 1.93 bits per heavy atom. The minimum absolute atomic E-state index is 0.109. The van der Waals surface area contributed by atoms with E-state index in [1.165, 1.54) is 24.8 Å². The van der Waals surface area contributed by atoms with Crippen LogP contribution >= 0.6 is 11.8 Å². The molecule has 0 bridgehead atoms. The second kappa shape index (κ2) is 9.33. The number of nitrogens with one attached hydrogen (secondary N) is 2. The van der Waals surface area contributed by atoms with Crippen molar-refractivity contribution in [3.05, 3.63) is 65.7 Å². The fourth-order valence-electron chi connectivity index (χ4n) is 2.68. The minimum atomic E-state index is -0.352. The minimum Gasteiger partial charge on any atom is -0.351 e. The molecule has 29 heavy (non-hydrogen) atoms. The molecule has 2 N–H and O–H groups in total. The van der Waals surface area contributed by atoms with E-state index in [1.54, 1.807) is 41.8 Å². The molecule has 0 saturated carbocycles. The Morgan fingerprint density at radius 1 is 1.14 bits per heavy atom. The summed E-state index contributed by atoms with van der Waals surface area (Å²) in [6.45, 7) is 3.37. The first kappa shape index (κ1) is 20.5. The zero-order valence-electron chi connectivity index (χ0n) is 16.0. The maximum Gasteiger partial charge on any atom is 0.230 e. The fourth-order valence-corrected chi connectivity index (χ4v) is 3.50. The summed E-state index contributed by atoms with van der Waals surface area (Å²) in [5.74, 6) is 0.00754. The summed E-state index contributed by atoms with van der Waals surface area (Å²) in [6.07, 6.45) is 0. The van der Waals surface area contributed by atoms with Crippen molar-refractivity contribution in [1.82, 2.24) is 20.1 Å². The maximum atomic E-state index is 13.6. The molecule has 150 valence electrons. The first-order chi connectivity index (χ1) is 13.9. The summed E-state index contributed by atoms with van der Waals surface area (Å²) in [6, 6.07) is 13.6. The van der Waals surface area contributed by atoms with Gasteiger partial charge in [-0.1, -0.05) is 36.0 Å². The monoisotopic (exact) mass is 413 g/mol. The van der Waals surface area contributed by atoms with Crippen LogP contribution in [0.4, 0.5) is 10.1 Å². The number of hydrogen-bond donors (Lipinski definition) is 2. The number of halogens is 1. The van der Waals surface area contributed by atoms with Crippen molar-refractivity contribution < 1.29 is 14.0 Å². The van der Waals surface area contributed by atoms with E-state index >= 15 is 0 Å². The SMILES string of the molecule is CC(=O)Nc1cccc(-n2c(C)nnc2SCC(=O)NCc2ccccc2F)c1. The molecule has 0 atom stereocenters. The standard InChI is InChI=1S/C20H20FN5O2S/c1-13-24-25-20(26(13)17-8-5-7-16(10-17)23-14(2)27)29-12-19(28)22-11-15-6-3-4-9-18(15)21/h3-10H,11-12H2,1-2H3,(H,22,28)(H,23,27). The lowest BCUT2D eigenvalue weighted by Crippen LogP contribution is -2.25. The molecule has 9 heteroatoms. The number of thioether (sulfide) groups is 1. The van der Waals surface area contributed by atoms with Gasteiger partial charge in [-0.15, -0.1) is 10.2 Å². The summed E-state index contributed by atoms with van der Waals surface area (Å²) in [4.78, 5) is 23.5. The van der Waals surface area contributed by atoms with Crippen LogP contribution in [0.5, 0.6) is 0 Å². The molecule has 0 aliphatic rings. The lowest BCUT2D eigenvalue weighted by Gasteiger charge is -2.11. The number of carbonyl (C=O) groups excluding carboxylic acids is 2. The third-order valence-corrected chi connectivity index (χ3v) is 4.92. The molecule has 0 aliphatic carbocycles. The largest absolute Gasteiger partial charge is 0.351 e. The summed E-state index contributed by atoms with van der Waals surface area (Å²) < 4.78 is 15.4.